The molecular weight excluding hydrogens is 218 g/mol. The molecule has 0 fully saturated rings. The third-order valence-electron chi connectivity index (χ3n) is 2.38. The summed E-state index contributed by atoms with van der Waals surface area (Å²) in [7, 11) is 1.81. The number of ketones is 1. The van der Waals surface area contributed by atoms with Crippen molar-refractivity contribution < 1.29 is 14.6 Å². The average molecular weight is 237 g/mol. The highest BCUT2D eigenvalue weighted by atomic mass is 16.5. The molecule has 94 valence electrons. The van der Waals surface area contributed by atoms with Crippen LogP contribution < -0.4 is 4.74 Å². The number of ether oxygens (including phenoxy) is 1. The summed E-state index contributed by atoms with van der Waals surface area (Å²) >= 11 is 0. The number of hydrogen-bond acceptors (Lipinski definition) is 4. The maximum atomic E-state index is 11.8. The first kappa shape index (κ1) is 13.7. The fraction of sp³-hybridized carbons (Fsp3) is 0.462. The minimum atomic E-state index is 0.0454. The van der Waals surface area contributed by atoms with E-state index in [0.717, 1.165) is 5.75 Å². The first-order valence-electron chi connectivity index (χ1n) is 5.72. The average Bonchev–Trinajstić information content (AvgIpc) is 2.30. The molecule has 1 aromatic carbocycles. The highest BCUT2D eigenvalue weighted by Gasteiger charge is 2.08. The van der Waals surface area contributed by atoms with Crippen LogP contribution in [0.3, 0.4) is 0 Å². The molecule has 4 heteroatoms. The first-order valence-corrected chi connectivity index (χ1v) is 5.72. The van der Waals surface area contributed by atoms with E-state index in [1.165, 1.54) is 0 Å². The van der Waals surface area contributed by atoms with Crippen LogP contribution in [0.15, 0.2) is 24.3 Å². The zero-order valence-corrected chi connectivity index (χ0v) is 10.3. The molecule has 0 atom stereocenters. The lowest BCUT2D eigenvalue weighted by molar-refractivity contribution is 0.0935. The van der Waals surface area contributed by atoms with E-state index in [0.29, 0.717) is 25.3 Å². The second-order valence-electron chi connectivity index (χ2n) is 3.84. The van der Waals surface area contributed by atoms with Crippen molar-refractivity contribution in [1.29, 1.82) is 0 Å². The van der Waals surface area contributed by atoms with Crippen LogP contribution in [0, 0.1) is 0 Å². The van der Waals surface area contributed by atoms with Gasteiger partial charge in [0.15, 0.2) is 5.78 Å². The van der Waals surface area contributed by atoms with Gasteiger partial charge in [-0.2, -0.15) is 0 Å². The van der Waals surface area contributed by atoms with Crippen LogP contribution in [0.5, 0.6) is 5.75 Å². The lowest BCUT2D eigenvalue weighted by atomic mass is 10.1. The Hall–Kier alpha value is -1.39. The third kappa shape index (κ3) is 4.54. The number of Topliss-reactive ketones (excluding diaryl/α,β-unsaturated/α-hetero) is 1. The van der Waals surface area contributed by atoms with E-state index in [2.05, 4.69) is 0 Å². The van der Waals surface area contributed by atoms with E-state index in [4.69, 9.17) is 9.84 Å². The number of likely N-dealkylation sites (N-methyl/N-ethyl adjacent to an activating group) is 1. The highest BCUT2D eigenvalue weighted by molar-refractivity contribution is 5.97. The molecule has 0 amide bonds. The van der Waals surface area contributed by atoms with Crippen molar-refractivity contribution >= 4 is 5.78 Å². The fourth-order valence-corrected chi connectivity index (χ4v) is 1.49. The van der Waals surface area contributed by atoms with Gasteiger partial charge in [0.05, 0.1) is 19.8 Å². The van der Waals surface area contributed by atoms with Crippen molar-refractivity contribution in [3.63, 3.8) is 0 Å². The molecule has 1 N–H and O–H groups in total. The number of rotatable bonds is 7. The Morgan fingerprint density at radius 1 is 1.35 bits per heavy atom. The normalized spacial score (nSPS) is 10.6. The van der Waals surface area contributed by atoms with Gasteiger partial charge in [-0.25, -0.2) is 0 Å². The van der Waals surface area contributed by atoms with E-state index in [1.807, 2.05) is 14.0 Å². The molecule has 0 heterocycles. The molecule has 0 spiro atoms. The Morgan fingerprint density at radius 2 is 2.00 bits per heavy atom. The van der Waals surface area contributed by atoms with Gasteiger partial charge in [0.25, 0.3) is 0 Å². The van der Waals surface area contributed by atoms with Crippen LogP contribution in [-0.4, -0.2) is 49.1 Å². The van der Waals surface area contributed by atoms with E-state index in [-0.39, 0.29) is 12.4 Å². The summed E-state index contributed by atoms with van der Waals surface area (Å²) in [5.74, 6) is 0.816. The van der Waals surface area contributed by atoms with Gasteiger partial charge >= 0.3 is 0 Å². The largest absolute Gasteiger partial charge is 0.494 e. The quantitative estimate of drug-likeness (QED) is 0.724. The van der Waals surface area contributed by atoms with Gasteiger partial charge in [0.2, 0.25) is 0 Å². The number of carbonyl (C=O) groups is 1. The van der Waals surface area contributed by atoms with Crippen molar-refractivity contribution in [1.82, 2.24) is 4.90 Å². The lowest BCUT2D eigenvalue weighted by Crippen LogP contribution is -2.28. The number of aliphatic hydroxyl groups is 1. The van der Waals surface area contributed by atoms with Crippen LogP contribution in [0.4, 0.5) is 0 Å². The van der Waals surface area contributed by atoms with Crippen molar-refractivity contribution in [3.8, 4) is 5.75 Å². The number of aliphatic hydroxyl groups excluding tert-OH is 1. The van der Waals surface area contributed by atoms with E-state index in [1.54, 1.807) is 29.2 Å². The standard InChI is InChI=1S/C13H19NO3/c1-3-17-12-6-4-11(5-7-12)13(16)10-14(2)8-9-15/h4-7,15H,3,8-10H2,1-2H3. The maximum Gasteiger partial charge on any atom is 0.176 e. The van der Waals surface area contributed by atoms with Crippen molar-refractivity contribution in [3.05, 3.63) is 29.8 Å². The molecular formula is C13H19NO3. The second kappa shape index (κ2) is 7.04. The van der Waals surface area contributed by atoms with Crippen LogP contribution in [-0.2, 0) is 0 Å². The Balaban J connectivity index is 2.57. The fourth-order valence-electron chi connectivity index (χ4n) is 1.49. The SMILES string of the molecule is CCOc1ccc(C(=O)CN(C)CCO)cc1. The van der Waals surface area contributed by atoms with Gasteiger partial charge in [-0.05, 0) is 38.2 Å². The van der Waals surface area contributed by atoms with Gasteiger partial charge in [-0.15, -0.1) is 0 Å². The van der Waals surface area contributed by atoms with Crippen molar-refractivity contribution in [2.75, 3.05) is 33.4 Å². The summed E-state index contributed by atoms with van der Waals surface area (Å²) in [4.78, 5) is 13.6. The molecule has 0 aliphatic carbocycles. The monoisotopic (exact) mass is 237 g/mol. The van der Waals surface area contributed by atoms with Crippen LogP contribution in [0.25, 0.3) is 0 Å². The highest BCUT2D eigenvalue weighted by Crippen LogP contribution is 2.12. The van der Waals surface area contributed by atoms with Gasteiger partial charge in [-0.3, -0.25) is 9.69 Å². The molecule has 0 bridgehead atoms. The summed E-state index contributed by atoms with van der Waals surface area (Å²) in [6.07, 6.45) is 0. The number of nitrogens with zero attached hydrogens (tertiary/aromatic N) is 1. The molecule has 0 saturated carbocycles. The van der Waals surface area contributed by atoms with Crippen LogP contribution in [0.1, 0.15) is 17.3 Å². The molecule has 17 heavy (non-hydrogen) atoms. The smallest absolute Gasteiger partial charge is 0.176 e. The Bertz CT molecular complexity index is 348. The summed E-state index contributed by atoms with van der Waals surface area (Å²) in [6.45, 7) is 3.42. The van der Waals surface area contributed by atoms with E-state index >= 15 is 0 Å². The second-order valence-corrected chi connectivity index (χ2v) is 3.84. The molecule has 0 radical (unpaired) electrons. The minimum Gasteiger partial charge on any atom is -0.494 e. The van der Waals surface area contributed by atoms with E-state index < -0.39 is 0 Å². The molecule has 1 aromatic rings. The summed E-state index contributed by atoms with van der Waals surface area (Å²) in [5, 5.41) is 8.75. The van der Waals surface area contributed by atoms with Crippen molar-refractivity contribution in [2.45, 2.75) is 6.92 Å². The van der Waals surface area contributed by atoms with E-state index in [9.17, 15) is 4.79 Å². The van der Waals surface area contributed by atoms with Gasteiger partial charge in [0.1, 0.15) is 5.75 Å². The Labute approximate surface area is 102 Å². The zero-order chi connectivity index (χ0) is 12.7. The number of hydrogen-bond donors (Lipinski definition) is 1. The number of carbonyl (C=O) groups excluding carboxylic acids is 1. The van der Waals surface area contributed by atoms with Gasteiger partial charge < -0.3 is 9.84 Å². The first-order chi connectivity index (χ1) is 8.17. The maximum absolute atomic E-state index is 11.8. The van der Waals surface area contributed by atoms with Gasteiger partial charge in [0, 0.05) is 12.1 Å². The molecule has 1 rings (SSSR count). The topological polar surface area (TPSA) is 49.8 Å². The Kier molecular flexibility index (Phi) is 5.66. The van der Waals surface area contributed by atoms with Gasteiger partial charge in [-0.1, -0.05) is 0 Å². The zero-order valence-electron chi connectivity index (χ0n) is 10.3. The molecule has 0 aliphatic heterocycles. The lowest BCUT2D eigenvalue weighted by Gasteiger charge is -2.13. The predicted octanol–water partition coefficient (Wildman–Crippen LogP) is 1.19. The molecule has 4 nitrogen and oxygen atoms in total. The third-order valence-corrected chi connectivity index (χ3v) is 2.38. The predicted molar refractivity (Wildman–Crippen MR) is 66.5 cm³/mol. The summed E-state index contributed by atoms with van der Waals surface area (Å²) in [6, 6.07) is 7.12. The summed E-state index contributed by atoms with van der Waals surface area (Å²) in [5.41, 5.74) is 0.665. The molecule has 0 aliphatic rings. The molecule has 0 aromatic heterocycles. The molecule has 0 saturated heterocycles. The number of benzene rings is 1. The summed E-state index contributed by atoms with van der Waals surface area (Å²) < 4.78 is 5.31. The van der Waals surface area contributed by atoms with Crippen LogP contribution in [0.2, 0.25) is 0 Å². The molecule has 0 unspecified atom stereocenters. The Morgan fingerprint density at radius 3 is 2.53 bits per heavy atom. The minimum absolute atomic E-state index is 0.0454. The van der Waals surface area contributed by atoms with Crippen molar-refractivity contribution in [2.24, 2.45) is 0 Å². The van der Waals surface area contributed by atoms with Crippen LogP contribution >= 0.6 is 0 Å².